The van der Waals surface area contributed by atoms with E-state index in [2.05, 4.69) is 27.8 Å². The van der Waals surface area contributed by atoms with Crippen LogP contribution in [0.25, 0.3) is 5.52 Å². The first-order chi connectivity index (χ1) is 13.6. The van der Waals surface area contributed by atoms with E-state index in [-0.39, 0.29) is 29.4 Å². The molecule has 0 fully saturated rings. The molecule has 0 aliphatic rings. The number of hydrogen-bond donors (Lipinski definition) is 2. The molecule has 1 atom stereocenters. The summed E-state index contributed by atoms with van der Waals surface area (Å²) in [7, 11) is 0. The summed E-state index contributed by atoms with van der Waals surface area (Å²) in [5, 5.41) is 5.83. The molecule has 2 amide bonds. The van der Waals surface area contributed by atoms with Gasteiger partial charge in [0.2, 0.25) is 5.82 Å². The largest absolute Gasteiger partial charge is 0.349 e. The van der Waals surface area contributed by atoms with Crippen molar-refractivity contribution in [3.63, 3.8) is 0 Å². The van der Waals surface area contributed by atoms with Crippen LogP contribution in [0.15, 0.2) is 54.7 Å². The smallest absolute Gasteiger partial charge is 0.287 e. The Labute approximate surface area is 165 Å². The van der Waals surface area contributed by atoms with Gasteiger partial charge in [-0.15, -0.1) is 0 Å². The van der Waals surface area contributed by atoms with Gasteiger partial charge in [-0.3, -0.25) is 14.0 Å². The van der Waals surface area contributed by atoms with Crippen LogP contribution in [0.5, 0.6) is 0 Å². The van der Waals surface area contributed by atoms with Crippen LogP contribution < -0.4 is 10.6 Å². The number of hydrogen-bond acceptors (Lipinski definition) is 3. The van der Waals surface area contributed by atoms with Crippen molar-refractivity contribution in [2.45, 2.75) is 39.2 Å². The van der Waals surface area contributed by atoms with Gasteiger partial charge in [0.15, 0.2) is 5.69 Å². The minimum Gasteiger partial charge on any atom is -0.349 e. The number of benzene rings is 1. The van der Waals surface area contributed by atoms with Crippen LogP contribution in [-0.4, -0.2) is 33.8 Å². The maximum atomic E-state index is 12.7. The van der Waals surface area contributed by atoms with Crippen molar-refractivity contribution in [2.24, 2.45) is 0 Å². The van der Waals surface area contributed by atoms with E-state index in [1.54, 1.807) is 16.7 Å². The molecule has 1 aromatic carbocycles. The Kier molecular flexibility index (Phi) is 6.42. The van der Waals surface area contributed by atoms with Crippen LogP contribution in [0.3, 0.4) is 0 Å². The van der Waals surface area contributed by atoms with Gasteiger partial charge in [0.1, 0.15) is 0 Å². The summed E-state index contributed by atoms with van der Waals surface area (Å²) in [4.78, 5) is 29.6. The first-order valence-electron chi connectivity index (χ1n) is 9.70. The standard InChI is InChI=1S/C22H26N4O2/c1-3-16(2)24-21(27)19-18-13-7-8-15-26(18)20(25-19)22(28)23-14-9-12-17-10-5-4-6-11-17/h4-8,10-11,13,15-16H,3,9,12,14H2,1-2H3,(H,23,28)(H,24,27). The van der Waals surface area contributed by atoms with E-state index in [4.69, 9.17) is 0 Å². The van der Waals surface area contributed by atoms with Crippen molar-refractivity contribution in [1.29, 1.82) is 0 Å². The van der Waals surface area contributed by atoms with Gasteiger partial charge in [0, 0.05) is 18.8 Å². The number of nitrogens with zero attached hydrogens (tertiary/aromatic N) is 2. The molecule has 0 aliphatic heterocycles. The van der Waals surface area contributed by atoms with Crippen LogP contribution in [0, 0.1) is 0 Å². The van der Waals surface area contributed by atoms with Crippen molar-refractivity contribution in [3.05, 3.63) is 71.8 Å². The molecule has 6 heteroatoms. The molecule has 1 unspecified atom stereocenters. The zero-order valence-corrected chi connectivity index (χ0v) is 16.3. The predicted molar refractivity (Wildman–Crippen MR) is 110 cm³/mol. The fourth-order valence-electron chi connectivity index (χ4n) is 2.98. The lowest BCUT2D eigenvalue weighted by Crippen LogP contribution is -2.32. The van der Waals surface area contributed by atoms with Crippen LogP contribution >= 0.6 is 0 Å². The Morgan fingerprint density at radius 1 is 1.07 bits per heavy atom. The molecule has 0 aliphatic carbocycles. The van der Waals surface area contributed by atoms with Gasteiger partial charge in [0.25, 0.3) is 11.8 Å². The fourth-order valence-corrected chi connectivity index (χ4v) is 2.98. The molecule has 3 aromatic rings. The quantitative estimate of drug-likeness (QED) is 0.591. The third kappa shape index (κ3) is 4.57. The maximum absolute atomic E-state index is 12.7. The van der Waals surface area contributed by atoms with Crippen molar-refractivity contribution >= 4 is 17.3 Å². The molecule has 6 nitrogen and oxygen atoms in total. The number of carbonyl (C=O) groups excluding carboxylic acids is 2. The average Bonchev–Trinajstić information content (AvgIpc) is 3.11. The van der Waals surface area contributed by atoms with Gasteiger partial charge in [-0.2, -0.15) is 0 Å². The normalized spacial score (nSPS) is 11.9. The number of aryl methyl sites for hydroxylation is 1. The van der Waals surface area contributed by atoms with E-state index in [0.717, 1.165) is 19.3 Å². The summed E-state index contributed by atoms with van der Waals surface area (Å²) in [6.07, 6.45) is 4.31. The first-order valence-corrected chi connectivity index (χ1v) is 9.70. The molecule has 0 spiro atoms. The fraction of sp³-hybridized carbons (Fsp3) is 0.318. The molecule has 0 bridgehead atoms. The minimum absolute atomic E-state index is 0.0447. The lowest BCUT2D eigenvalue weighted by Gasteiger charge is -2.09. The van der Waals surface area contributed by atoms with Gasteiger partial charge in [0.05, 0.1) is 5.52 Å². The molecule has 0 saturated carbocycles. The van der Waals surface area contributed by atoms with Crippen molar-refractivity contribution < 1.29 is 9.59 Å². The number of fused-ring (bicyclic) bond motifs is 1. The molecule has 146 valence electrons. The summed E-state index contributed by atoms with van der Waals surface area (Å²) < 4.78 is 1.66. The van der Waals surface area contributed by atoms with Crippen LogP contribution in [0.1, 0.15) is 53.4 Å². The second kappa shape index (κ2) is 9.17. The Hall–Kier alpha value is -3.15. The number of imidazole rings is 1. The molecule has 3 rings (SSSR count). The van der Waals surface area contributed by atoms with E-state index >= 15 is 0 Å². The Bertz CT molecular complexity index is 950. The topological polar surface area (TPSA) is 75.5 Å². The second-order valence-electron chi connectivity index (χ2n) is 6.87. The Morgan fingerprint density at radius 3 is 2.57 bits per heavy atom. The van der Waals surface area contributed by atoms with Crippen LogP contribution in [-0.2, 0) is 6.42 Å². The first kappa shape index (κ1) is 19.6. The molecule has 2 N–H and O–H groups in total. The van der Waals surface area contributed by atoms with E-state index in [1.165, 1.54) is 5.56 Å². The number of aromatic nitrogens is 2. The highest BCUT2D eigenvalue weighted by Gasteiger charge is 2.21. The number of amides is 2. The third-order valence-electron chi connectivity index (χ3n) is 4.73. The van der Waals surface area contributed by atoms with Gasteiger partial charge >= 0.3 is 0 Å². The summed E-state index contributed by atoms with van der Waals surface area (Å²) in [5.41, 5.74) is 2.14. The van der Waals surface area contributed by atoms with E-state index < -0.39 is 0 Å². The summed E-state index contributed by atoms with van der Waals surface area (Å²) >= 11 is 0. The summed E-state index contributed by atoms with van der Waals surface area (Å²) in [6, 6.07) is 15.7. The van der Waals surface area contributed by atoms with Crippen LogP contribution in [0.4, 0.5) is 0 Å². The molecular formula is C22H26N4O2. The molecule has 0 radical (unpaired) electrons. The lowest BCUT2D eigenvalue weighted by molar-refractivity contribution is 0.0936. The maximum Gasteiger partial charge on any atom is 0.287 e. The SMILES string of the molecule is CCC(C)NC(=O)c1nc(C(=O)NCCCc2ccccc2)n2ccccc12. The highest BCUT2D eigenvalue weighted by atomic mass is 16.2. The van der Waals surface area contributed by atoms with Crippen molar-refractivity contribution in [1.82, 2.24) is 20.0 Å². The van der Waals surface area contributed by atoms with Gasteiger partial charge < -0.3 is 10.6 Å². The van der Waals surface area contributed by atoms with Crippen molar-refractivity contribution in [2.75, 3.05) is 6.54 Å². The third-order valence-corrected chi connectivity index (χ3v) is 4.73. The summed E-state index contributed by atoms with van der Waals surface area (Å²) in [6.45, 7) is 4.49. The molecule has 28 heavy (non-hydrogen) atoms. The van der Waals surface area contributed by atoms with E-state index in [1.807, 2.05) is 44.2 Å². The molecule has 2 heterocycles. The molecular weight excluding hydrogens is 352 g/mol. The number of pyridine rings is 1. The Balaban J connectivity index is 1.69. The van der Waals surface area contributed by atoms with Crippen molar-refractivity contribution in [3.8, 4) is 0 Å². The van der Waals surface area contributed by atoms with E-state index in [0.29, 0.717) is 12.1 Å². The zero-order valence-electron chi connectivity index (χ0n) is 16.3. The molecule has 2 aromatic heterocycles. The monoisotopic (exact) mass is 378 g/mol. The predicted octanol–water partition coefficient (Wildman–Crippen LogP) is 3.23. The minimum atomic E-state index is -0.281. The van der Waals surface area contributed by atoms with Gasteiger partial charge in [-0.05, 0) is 43.9 Å². The number of rotatable bonds is 8. The lowest BCUT2D eigenvalue weighted by atomic mass is 10.1. The van der Waals surface area contributed by atoms with E-state index in [9.17, 15) is 9.59 Å². The van der Waals surface area contributed by atoms with Crippen LogP contribution in [0.2, 0.25) is 0 Å². The Morgan fingerprint density at radius 2 is 1.82 bits per heavy atom. The molecule has 0 saturated heterocycles. The highest BCUT2D eigenvalue weighted by Crippen LogP contribution is 2.14. The number of nitrogens with one attached hydrogen (secondary N) is 2. The van der Waals surface area contributed by atoms with Gasteiger partial charge in [-0.1, -0.05) is 43.3 Å². The zero-order chi connectivity index (χ0) is 19.9. The second-order valence-corrected chi connectivity index (χ2v) is 6.87. The highest BCUT2D eigenvalue weighted by molar-refractivity contribution is 6.02. The average molecular weight is 378 g/mol. The summed E-state index contributed by atoms with van der Waals surface area (Å²) in [5.74, 6) is -0.317. The van der Waals surface area contributed by atoms with Gasteiger partial charge in [-0.25, -0.2) is 4.98 Å². The number of carbonyl (C=O) groups is 2.